The average molecular weight is 768 g/mol. The number of piperidine rings is 2. The molecule has 4 saturated heterocycles. The van der Waals surface area contributed by atoms with E-state index in [1.165, 1.54) is 30.2 Å². The number of hydrogen-bond acceptors (Lipinski definition) is 8. The van der Waals surface area contributed by atoms with Crippen molar-refractivity contribution in [3.63, 3.8) is 0 Å². The maximum atomic E-state index is 15.5. The second kappa shape index (κ2) is 16.3. The van der Waals surface area contributed by atoms with Crippen LogP contribution in [0, 0.1) is 29.4 Å². The number of rotatable bonds is 12. The first-order valence-corrected chi connectivity index (χ1v) is 21.3. The second-order valence-corrected chi connectivity index (χ2v) is 18.4. The molecule has 5 fully saturated rings. The summed E-state index contributed by atoms with van der Waals surface area (Å²) in [5.41, 5.74) is 1.13. The maximum absolute atomic E-state index is 15.5. The molecule has 0 aromatic heterocycles. The molecule has 54 heavy (non-hydrogen) atoms. The quantitative estimate of drug-likeness (QED) is 0.293. The highest BCUT2D eigenvalue weighted by Gasteiger charge is 2.53. The molecule has 13 heteroatoms. The fraction of sp³-hybridized carbons (Fsp3) is 0.610. The highest BCUT2D eigenvalue weighted by molar-refractivity contribution is 7.92. The van der Waals surface area contributed by atoms with Crippen molar-refractivity contribution < 1.29 is 31.5 Å². The van der Waals surface area contributed by atoms with Gasteiger partial charge in [0.05, 0.1) is 22.9 Å². The van der Waals surface area contributed by atoms with Gasteiger partial charge in [-0.3, -0.25) is 4.79 Å². The highest BCUT2D eigenvalue weighted by Crippen LogP contribution is 2.51. The topological polar surface area (TPSA) is 103 Å². The Kier molecular flexibility index (Phi) is 11.7. The number of ether oxygens (including phenoxy) is 1. The van der Waals surface area contributed by atoms with E-state index in [1.807, 2.05) is 11.0 Å². The van der Waals surface area contributed by atoms with E-state index >= 15 is 4.39 Å². The van der Waals surface area contributed by atoms with Crippen LogP contribution in [0.25, 0.3) is 0 Å². The highest BCUT2D eigenvalue weighted by atomic mass is 32.2. The van der Waals surface area contributed by atoms with Crippen LogP contribution in [0.1, 0.15) is 56.9 Å². The van der Waals surface area contributed by atoms with Crippen LogP contribution in [0.3, 0.4) is 0 Å². The van der Waals surface area contributed by atoms with Gasteiger partial charge in [0.15, 0.2) is 9.84 Å². The van der Waals surface area contributed by atoms with E-state index < -0.39 is 27.0 Å². The van der Waals surface area contributed by atoms with Crippen LogP contribution in [0.4, 0.5) is 19.3 Å². The van der Waals surface area contributed by atoms with E-state index in [9.17, 15) is 22.4 Å². The van der Waals surface area contributed by atoms with Crippen molar-refractivity contribution in [3.8, 4) is 0 Å². The number of likely N-dealkylation sites (tertiary alicyclic amines) is 3. The van der Waals surface area contributed by atoms with Gasteiger partial charge in [0.2, 0.25) is 5.91 Å². The van der Waals surface area contributed by atoms with Gasteiger partial charge in [0.25, 0.3) is 0 Å². The first kappa shape index (κ1) is 38.7. The van der Waals surface area contributed by atoms with Crippen molar-refractivity contribution >= 4 is 27.5 Å². The van der Waals surface area contributed by atoms with E-state index in [2.05, 4.69) is 27.8 Å². The molecule has 1 aliphatic carbocycles. The fourth-order valence-electron chi connectivity index (χ4n) is 10.2. The van der Waals surface area contributed by atoms with Crippen LogP contribution >= 0.6 is 0 Å². The molecule has 1 unspecified atom stereocenters. The molecule has 2 amide bonds. The largest absolute Gasteiger partial charge is 0.453 e. The number of halogens is 2. The van der Waals surface area contributed by atoms with Crippen LogP contribution < -0.4 is 10.2 Å². The summed E-state index contributed by atoms with van der Waals surface area (Å²) < 4.78 is 62.4. The van der Waals surface area contributed by atoms with Gasteiger partial charge in [-0.2, -0.15) is 0 Å². The minimum absolute atomic E-state index is 0.0406. The number of benzene rings is 2. The summed E-state index contributed by atoms with van der Waals surface area (Å²) in [5, 5.41) is 2.39. The first-order valence-electron chi connectivity index (χ1n) is 19.8. The predicted octanol–water partition coefficient (Wildman–Crippen LogP) is 5.23. The number of carbonyl (C=O) groups is 2. The number of methoxy groups -OCH3 is 1. The number of nitrogens with zero attached hydrogens (tertiary/aromatic N) is 4. The zero-order valence-corrected chi connectivity index (χ0v) is 32.3. The van der Waals surface area contributed by atoms with Crippen LogP contribution in [-0.2, 0) is 24.8 Å². The van der Waals surface area contributed by atoms with Gasteiger partial charge in [-0.05, 0) is 125 Å². The molecule has 2 aromatic carbocycles. The molecule has 0 radical (unpaired) electrons. The summed E-state index contributed by atoms with van der Waals surface area (Å²) in [7, 11) is -2.41. The van der Waals surface area contributed by atoms with Crippen LogP contribution in [0.2, 0.25) is 0 Å². The number of anilines is 1. The van der Waals surface area contributed by atoms with Gasteiger partial charge in [0.1, 0.15) is 11.6 Å². The normalized spacial score (nSPS) is 25.7. The Hall–Kier alpha value is -3.55. The van der Waals surface area contributed by atoms with Crippen molar-refractivity contribution in [2.45, 2.75) is 73.0 Å². The van der Waals surface area contributed by atoms with Gasteiger partial charge >= 0.3 is 6.09 Å². The van der Waals surface area contributed by atoms with E-state index in [0.717, 1.165) is 89.4 Å². The zero-order valence-electron chi connectivity index (χ0n) is 31.4. The summed E-state index contributed by atoms with van der Waals surface area (Å²) in [4.78, 5) is 33.0. The molecule has 10 nitrogen and oxygen atoms in total. The summed E-state index contributed by atoms with van der Waals surface area (Å²) in [6, 6.07) is 11.4. The Morgan fingerprint density at radius 3 is 2.37 bits per heavy atom. The monoisotopic (exact) mass is 767 g/mol. The van der Waals surface area contributed by atoms with Gasteiger partial charge in [-0.15, -0.1) is 0 Å². The standard InChI is InChI=1S/C41H55F2N5O5S/c1-3-39(49)47-19-6-10-34(27-47)54(51,52)33-13-14-38(36(43)23-33)48-25-29(26-48)24-45-20-15-30(16-21-45)41(28-46-17-7-18-46,31-8-4-9-32(42)22-31)35-11-5-12-37(35)44-40(50)53-2/h3-4,8-9,13-14,22-23,29-30,34-35,37H,1,5-7,10-12,15-21,24-28H2,2H3,(H,44,50)/t34-,35+,37+,41?/m1/s1. The maximum Gasteiger partial charge on any atom is 0.407 e. The van der Waals surface area contributed by atoms with Crippen LogP contribution in [0.15, 0.2) is 60.0 Å². The van der Waals surface area contributed by atoms with Crippen LogP contribution in [-0.4, -0.2) is 119 Å². The average Bonchev–Trinajstić information content (AvgIpc) is 3.61. The zero-order chi connectivity index (χ0) is 38.0. The molecule has 1 saturated carbocycles. The molecule has 4 heterocycles. The smallest absolute Gasteiger partial charge is 0.407 e. The Bertz CT molecular complexity index is 1800. The molecule has 5 aliphatic rings. The van der Waals surface area contributed by atoms with Gasteiger partial charge in [-0.1, -0.05) is 25.1 Å². The summed E-state index contributed by atoms with van der Waals surface area (Å²) in [5.74, 6) is -0.244. The number of hydrogen-bond donors (Lipinski definition) is 1. The lowest BCUT2D eigenvalue weighted by molar-refractivity contribution is -0.126. The third kappa shape index (κ3) is 7.77. The van der Waals surface area contributed by atoms with E-state index in [-0.39, 0.29) is 40.5 Å². The lowest BCUT2D eigenvalue weighted by Crippen LogP contribution is -2.60. The van der Waals surface area contributed by atoms with Crippen molar-refractivity contribution in [2.24, 2.45) is 17.8 Å². The number of amides is 2. The van der Waals surface area contributed by atoms with Gasteiger partial charge in [0, 0.05) is 56.6 Å². The molecule has 1 N–H and O–H groups in total. The minimum atomic E-state index is -3.81. The molecule has 2 aromatic rings. The van der Waals surface area contributed by atoms with Crippen LogP contribution in [0.5, 0.6) is 0 Å². The molecule has 294 valence electrons. The predicted molar refractivity (Wildman–Crippen MR) is 204 cm³/mol. The van der Waals surface area contributed by atoms with Crippen molar-refractivity contribution in [1.82, 2.24) is 20.0 Å². The molecule has 4 atom stereocenters. The Morgan fingerprint density at radius 1 is 0.926 bits per heavy atom. The van der Waals surface area contributed by atoms with E-state index in [1.54, 1.807) is 12.1 Å². The Labute approximate surface area is 318 Å². The van der Waals surface area contributed by atoms with Gasteiger partial charge < -0.3 is 29.7 Å². The summed E-state index contributed by atoms with van der Waals surface area (Å²) >= 11 is 0. The SMILES string of the molecule is C=CC(=O)N1CCC[C@@H](S(=O)(=O)c2ccc(N3CC(CN4CCC(C(CN5CCC5)(c5cccc(F)c5)[C@H]5CCC[C@@H]5NC(=O)OC)CC4)C3)c(F)c2)C1. The minimum Gasteiger partial charge on any atom is -0.453 e. The van der Waals surface area contributed by atoms with Crippen molar-refractivity contribution in [2.75, 3.05) is 77.5 Å². The van der Waals surface area contributed by atoms with Crippen molar-refractivity contribution in [1.29, 1.82) is 0 Å². The lowest BCUT2D eigenvalue weighted by Gasteiger charge is -2.54. The molecular weight excluding hydrogens is 713 g/mol. The molecule has 4 aliphatic heterocycles. The summed E-state index contributed by atoms with van der Waals surface area (Å²) in [6.45, 7) is 11.1. The third-order valence-electron chi connectivity index (χ3n) is 13.1. The second-order valence-electron chi connectivity index (χ2n) is 16.2. The molecule has 0 spiro atoms. The summed E-state index contributed by atoms with van der Waals surface area (Å²) in [6.07, 6.45) is 7.72. The first-order chi connectivity index (χ1) is 26.0. The van der Waals surface area contributed by atoms with E-state index in [4.69, 9.17) is 4.74 Å². The Balaban J connectivity index is 0.996. The number of alkyl carbamates (subject to hydrolysis) is 1. The Morgan fingerprint density at radius 2 is 1.70 bits per heavy atom. The third-order valence-corrected chi connectivity index (χ3v) is 15.3. The number of nitrogens with one attached hydrogen (secondary N) is 1. The molecule has 7 rings (SSSR count). The fourth-order valence-corrected chi connectivity index (χ4v) is 12.0. The van der Waals surface area contributed by atoms with Crippen molar-refractivity contribution in [3.05, 3.63) is 72.3 Å². The lowest BCUT2D eigenvalue weighted by atomic mass is 9.57. The number of sulfone groups is 1. The van der Waals surface area contributed by atoms with Gasteiger partial charge in [-0.25, -0.2) is 22.0 Å². The number of carbonyl (C=O) groups excluding carboxylic acids is 2. The van der Waals surface area contributed by atoms with E-state index in [0.29, 0.717) is 50.0 Å². The molecule has 0 bridgehead atoms. The molecular formula is C41H55F2N5O5S.